The van der Waals surface area contributed by atoms with Crippen molar-refractivity contribution >= 4 is 23.6 Å². The molecule has 0 aliphatic rings. The van der Waals surface area contributed by atoms with Crippen LogP contribution >= 0.6 is 11.6 Å². The number of carbonyl (C=O) groups excluding carboxylic acids is 1. The number of nitriles is 1. The highest BCUT2D eigenvalue weighted by Crippen LogP contribution is 2.38. The van der Waals surface area contributed by atoms with Gasteiger partial charge in [0, 0.05) is 0 Å². The largest absolute Gasteiger partial charge is 0.493 e. The summed E-state index contributed by atoms with van der Waals surface area (Å²) in [5.41, 5.74) is 1.50. The minimum absolute atomic E-state index is 0.0253. The van der Waals surface area contributed by atoms with E-state index in [-0.39, 0.29) is 17.7 Å². The molecule has 0 spiro atoms. The molecule has 2 aromatic carbocycles. The molecule has 2 aromatic rings. The van der Waals surface area contributed by atoms with E-state index in [0.29, 0.717) is 22.1 Å². The van der Waals surface area contributed by atoms with Gasteiger partial charge in [0.1, 0.15) is 11.6 Å². The van der Waals surface area contributed by atoms with E-state index in [9.17, 15) is 10.1 Å². The first-order valence-corrected chi connectivity index (χ1v) is 9.79. The molecule has 0 aliphatic heterocycles. The van der Waals surface area contributed by atoms with E-state index in [1.807, 2.05) is 57.2 Å². The predicted molar refractivity (Wildman–Crippen MR) is 115 cm³/mol. The smallest absolute Gasteiger partial charge is 0.262 e. The van der Waals surface area contributed by atoms with E-state index in [1.165, 1.54) is 13.2 Å². The summed E-state index contributed by atoms with van der Waals surface area (Å²) in [6.45, 7) is 5.81. The fourth-order valence-corrected chi connectivity index (χ4v) is 2.90. The monoisotopic (exact) mass is 412 g/mol. The Morgan fingerprint density at radius 2 is 1.97 bits per heavy atom. The molecule has 0 heterocycles. The maximum absolute atomic E-state index is 12.6. The molecule has 6 heteroatoms. The molecular weight excluding hydrogens is 388 g/mol. The van der Waals surface area contributed by atoms with Crippen LogP contribution in [-0.2, 0) is 4.79 Å². The van der Waals surface area contributed by atoms with Crippen LogP contribution in [0.4, 0.5) is 0 Å². The lowest BCUT2D eigenvalue weighted by atomic mass is 10.1. The van der Waals surface area contributed by atoms with Gasteiger partial charge in [0.25, 0.3) is 5.91 Å². The van der Waals surface area contributed by atoms with Gasteiger partial charge in [0.15, 0.2) is 11.5 Å². The van der Waals surface area contributed by atoms with Crippen molar-refractivity contribution in [3.05, 3.63) is 64.2 Å². The molecule has 0 radical (unpaired) electrons. The molecule has 2 rings (SSSR count). The summed E-state index contributed by atoms with van der Waals surface area (Å²) in [7, 11) is 1.52. The highest BCUT2D eigenvalue weighted by Gasteiger charge is 2.17. The van der Waals surface area contributed by atoms with Gasteiger partial charge in [0.05, 0.1) is 24.3 Å². The van der Waals surface area contributed by atoms with Crippen molar-refractivity contribution in [2.75, 3.05) is 7.11 Å². The highest BCUT2D eigenvalue weighted by molar-refractivity contribution is 6.32. The second kappa shape index (κ2) is 10.5. The van der Waals surface area contributed by atoms with Crippen LogP contribution in [0.25, 0.3) is 6.08 Å². The minimum Gasteiger partial charge on any atom is -0.493 e. The standard InChI is InChI=1S/C23H25ClN2O3/c1-5-15(2)29-22-20(24)12-17(13-21(22)28-4)11-19(14-25)23(27)26-16(3)18-9-7-6-8-10-18/h6-13,15-16H,5H2,1-4H3,(H,26,27)/b19-11-/t15-,16-/m1/s1. The molecule has 0 unspecified atom stereocenters. The number of hydrogen-bond donors (Lipinski definition) is 1. The van der Waals surface area contributed by atoms with Crippen molar-refractivity contribution in [2.24, 2.45) is 0 Å². The summed E-state index contributed by atoms with van der Waals surface area (Å²) in [5, 5.41) is 12.7. The average molecular weight is 413 g/mol. The number of hydrogen-bond acceptors (Lipinski definition) is 4. The van der Waals surface area contributed by atoms with Crippen molar-refractivity contribution in [2.45, 2.75) is 39.3 Å². The first-order chi connectivity index (χ1) is 13.9. The van der Waals surface area contributed by atoms with E-state index in [1.54, 1.807) is 12.1 Å². The van der Waals surface area contributed by atoms with Gasteiger partial charge in [0.2, 0.25) is 0 Å². The van der Waals surface area contributed by atoms with Gasteiger partial charge >= 0.3 is 0 Å². The molecule has 29 heavy (non-hydrogen) atoms. The normalized spacial score (nSPS) is 13.2. The third-order valence-electron chi connectivity index (χ3n) is 4.47. The zero-order chi connectivity index (χ0) is 21.4. The Balaban J connectivity index is 2.26. The maximum Gasteiger partial charge on any atom is 0.262 e. The van der Waals surface area contributed by atoms with E-state index in [4.69, 9.17) is 21.1 Å². The lowest BCUT2D eigenvalue weighted by molar-refractivity contribution is -0.117. The summed E-state index contributed by atoms with van der Waals surface area (Å²) in [4.78, 5) is 12.6. The molecule has 0 fully saturated rings. The Hall–Kier alpha value is -2.97. The first-order valence-electron chi connectivity index (χ1n) is 9.41. The quantitative estimate of drug-likeness (QED) is 0.471. The fraction of sp³-hybridized carbons (Fsp3) is 0.304. The van der Waals surface area contributed by atoms with Gasteiger partial charge in [-0.25, -0.2) is 0 Å². The number of amides is 1. The Morgan fingerprint density at radius 3 is 2.55 bits per heavy atom. The number of methoxy groups -OCH3 is 1. The average Bonchev–Trinajstić information content (AvgIpc) is 2.73. The van der Waals surface area contributed by atoms with Gasteiger partial charge in [-0.3, -0.25) is 4.79 Å². The number of nitrogens with zero attached hydrogens (tertiary/aromatic N) is 1. The van der Waals surface area contributed by atoms with Crippen molar-refractivity contribution < 1.29 is 14.3 Å². The van der Waals surface area contributed by atoms with Crippen LogP contribution in [0.2, 0.25) is 5.02 Å². The molecule has 0 saturated heterocycles. The zero-order valence-electron chi connectivity index (χ0n) is 17.0. The number of ether oxygens (including phenoxy) is 2. The Kier molecular flexibility index (Phi) is 8.11. The highest BCUT2D eigenvalue weighted by atomic mass is 35.5. The molecule has 0 bridgehead atoms. The molecule has 2 atom stereocenters. The van der Waals surface area contributed by atoms with E-state index < -0.39 is 5.91 Å². The van der Waals surface area contributed by atoms with Crippen LogP contribution in [0, 0.1) is 11.3 Å². The van der Waals surface area contributed by atoms with Crippen LogP contribution in [0.15, 0.2) is 48.0 Å². The van der Waals surface area contributed by atoms with Crippen molar-refractivity contribution in [3.63, 3.8) is 0 Å². The van der Waals surface area contributed by atoms with Crippen molar-refractivity contribution in [3.8, 4) is 17.6 Å². The first kappa shape index (κ1) is 22.3. The van der Waals surface area contributed by atoms with E-state index in [2.05, 4.69) is 5.32 Å². The van der Waals surface area contributed by atoms with Gasteiger partial charge < -0.3 is 14.8 Å². The SMILES string of the molecule is CC[C@@H](C)Oc1c(Cl)cc(/C=C(/C#N)C(=O)N[C@H](C)c2ccccc2)cc1OC. The summed E-state index contributed by atoms with van der Waals surface area (Å²) < 4.78 is 11.2. The minimum atomic E-state index is -0.459. The lowest BCUT2D eigenvalue weighted by Crippen LogP contribution is -2.27. The van der Waals surface area contributed by atoms with Gasteiger partial charge in [-0.05, 0) is 49.6 Å². The Labute approximate surface area is 176 Å². The Bertz CT molecular complexity index is 920. The summed E-state index contributed by atoms with van der Waals surface area (Å²) >= 11 is 6.37. The topological polar surface area (TPSA) is 71.3 Å². The number of benzene rings is 2. The van der Waals surface area contributed by atoms with Crippen LogP contribution in [0.5, 0.6) is 11.5 Å². The van der Waals surface area contributed by atoms with Gasteiger partial charge in [-0.15, -0.1) is 0 Å². The summed E-state index contributed by atoms with van der Waals surface area (Å²) in [6.07, 6.45) is 2.27. The van der Waals surface area contributed by atoms with Crippen LogP contribution in [-0.4, -0.2) is 19.1 Å². The number of rotatable bonds is 8. The van der Waals surface area contributed by atoms with Gasteiger partial charge in [-0.2, -0.15) is 5.26 Å². The molecular formula is C23H25ClN2O3. The molecule has 1 amide bonds. The third-order valence-corrected chi connectivity index (χ3v) is 4.75. The second-order valence-corrected chi connectivity index (χ2v) is 7.05. The molecule has 0 aromatic heterocycles. The van der Waals surface area contributed by atoms with Gasteiger partial charge in [-0.1, -0.05) is 48.9 Å². The van der Waals surface area contributed by atoms with E-state index in [0.717, 1.165) is 12.0 Å². The maximum atomic E-state index is 12.6. The van der Waals surface area contributed by atoms with Crippen molar-refractivity contribution in [1.29, 1.82) is 5.26 Å². The third kappa shape index (κ3) is 6.00. The fourth-order valence-electron chi connectivity index (χ4n) is 2.64. The molecule has 0 aliphatic carbocycles. The molecule has 5 nitrogen and oxygen atoms in total. The molecule has 152 valence electrons. The number of carbonyl (C=O) groups is 1. The van der Waals surface area contributed by atoms with Crippen LogP contribution < -0.4 is 14.8 Å². The van der Waals surface area contributed by atoms with Crippen molar-refractivity contribution in [1.82, 2.24) is 5.32 Å². The Morgan fingerprint density at radius 1 is 1.28 bits per heavy atom. The van der Waals surface area contributed by atoms with Crippen LogP contribution in [0.3, 0.4) is 0 Å². The molecule has 0 saturated carbocycles. The summed E-state index contributed by atoms with van der Waals surface area (Å²) in [5.74, 6) is 0.430. The molecule has 1 N–H and O–H groups in total. The van der Waals surface area contributed by atoms with Crippen LogP contribution in [0.1, 0.15) is 44.4 Å². The second-order valence-electron chi connectivity index (χ2n) is 6.65. The number of nitrogens with one attached hydrogen (secondary N) is 1. The lowest BCUT2D eigenvalue weighted by Gasteiger charge is -2.17. The summed E-state index contributed by atoms with van der Waals surface area (Å²) in [6, 6.07) is 14.6. The van der Waals surface area contributed by atoms with E-state index >= 15 is 0 Å². The predicted octanol–water partition coefficient (Wildman–Crippen LogP) is 5.31. The number of halogens is 1. The zero-order valence-corrected chi connectivity index (χ0v) is 17.8.